The van der Waals surface area contributed by atoms with Crippen molar-refractivity contribution in [2.75, 3.05) is 16.8 Å². The summed E-state index contributed by atoms with van der Waals surface area (Å²) in [6.07, 6.45) is 2.68. The lowest BCUT2D eigenvalue weighted by Crippen LogP contribution is -2.34. The molecule has 0 radical (unpaired) electrons. The number of aryl methyl sites for hydroxylation is 1. The summed E-state index contributed by atoms with van der Waals surface area (Å²) in [7, 11) is 0. The number of amides is 2. The van der Waals surface area contributed by atoms with Crippen LogP contribution in [0, 0.1) is 0 Å². The van der Waals surface area contributed by atoms with E-state index in [1.165, 1.54) is 0 Å². The van der Waals surface area contributed by atoms with Crippen molar-refractivity contribution < 1.29 is 9.59 Å². The SMILES string of the molecule is CCCC(=O)Nc1ccc2c(c1)CCC(=O)N2CC. The summed E-state index contributed by atoms with van der Waals surface area (Å²) >= 11 is 0. The minimum Gasteiger partial charge on any atom is -0.326 e. The monoisotopic (exact) mass is 260 g/mol. The van der Waals surface area contributed by atoms with E-state index in [0.29, 0.717) is 19.4 Å². The maximum Gasteiger partial charge on any atom is 0.227 e. The summed E-state index contributed by atoms with van der Waals surface area (Å²) in [5.74, 6) is 0.222. The number of nitrogens with zero attached hydrogens (tertiary/aromatic N) is 1. The molecule has 0 bridgehead atoms. The number of anilines is 2. The van der Waals surface area contributed by atoms with Gasteiger partial charge in [0.2, 0.25) is 11.8 Å². The van der Waals surface area contributed by atoms with Crippen LogP contribution >= 0.6 is 0 Å². The summed E-state index contributed by atoms with van der Waals surface area (Å²) in [6, 6.07) is 5.78. The maximum atomic E-state index is 11.8. The molecule has 1 N–H and O–H groups in total. The van der Waals surface area contributed by atoms with Crippen molar-refractivity contribution in [2.24, 2.45) is 0 Å². The number of carbonyl (C=O) groups is 2. The van der Waals surface area contributed by atoms with Gasteiger partial charge in [-0.3, -0.25) is 9.59 Å². The van der Waals surface area contributed by atoms with Crippen LogP contribution < -0.4 is 10.2 Å². The van der Waals surface area contributed by atoms with Gasteiger partial charge in [-0.25, -0.2) is 0 Å². The first-order valence-electron chi connectivity index (χ1n) is 6.88. The zero-order valence-electron chi connectivity index (χ0n) is 11.5. The molecule has 0 spiro atoms. The molecule has 1 aliphatic rings. The molecule has 0 aliphatic carbocycles. The minimum atomic E-state index is 0.0432. The van der Waals surface area contributed by atoms with Gasteiger partial charge in [0, 0.05) is 30.8 Å². The lowest BCUT2D eigenvalue weighted by Gasteiger charge is -2.28. The quantitative estimate of drug-likeness (QED) is 0.905. The molecule has 1 aromatic carbocycles. The fraction of sp³-hybridized carbons (Fsp3) is 0.467. The number of hydrogen-bond donors (Lipinski definition) is 1. The topological polar surface area (TPSA) is 49.4 Å². The Kier molecular flexibility index (Phi) is 4.20. The standard InChI is InChI=1S/C15H20N2O2/c1-3-5-14(18)16-12-7-8-13-11(10-12)6-9-15(19)17(13)4-2/h7-8,10H,3-6,9H2,1-2H3,(H,16,18). The first-order valence-corrected chi connectivity index (χ1v) is 6.88. The molecule has 0 unspecified atom stereocenters. The van der Waals surface area contributed by atoms with E-state index < -0.39 is 0 Å². The van der Waals surface area contributed by atoms with Gasteiger partial charge >= 0.3 is 0 Å². The van der Waals surface area contributed by atoms with Gasteiger partial charge in [-0.15, -0.1) is 0 Å². The number of carbonyl (C=O) groups excluding carboxylic acids is 2. The maximum absolute atomic E-state index is 11.8. The number of hydrogen-bond acceptors (Lipinski definition) is 2. The normalized spacial score (nSPS) is 14.2. The van der Waals surface area contributed by atoms with Crippen molar-refractivity contribution in [3.8, 4) is 0 Å². The second-order valence-electron chi connectivity index (χ2n) is 4.78. The Bertz CT molecular complexity index is 497. The fourth-order valence-corrected chi connectivity index (χ4v) is 2.43. The Hall–Kier alpha value is -1.84. The van der Waals surface area contributed by atoms with E-state index in [1.807, 2.05) is 32.0 Å². The van der Waals surface area contributed by atoms with Crippen molar-refractivity contribution in [2.45, 2.75) is 39.5 Å². The molecule has 0 saturated heterocycles. The molecular formula is C15H20N2O2. The lowest BCUT2D eigenvalue weighted by molar-refractivity contribution is -0.119. The fourth-order valence-electron chi connectivity index (χ4n) is 2.43. The van der Waals surface area contributed by atoms with Gasteiger partial charge in [-0.2, -0.15) is 0 Å². The van der Waals surface area contributed by atoms with Crippen LogP contribution in [0.3, 0.4) is 0 Å². The van der Waals surface area contributed by atoms with Crippen LogP contribution in [-0.2, 0) is 16.0 Å². The van der Waals surface area contributed by atoms with E-state index in [-0.39, 0.29) is 11.8 Å². The van der Waals surface area contributed by atoms with E-state index in [2.05, 4.69) is 5.32 Å². The first-order chi connectivity index (χ1) is 9.15. The minimum absolute atomic E-state index is 0.0432. The van der Waals surface area contributed by atoms with Crippen LogP contribution in [0.2, 0.25) is 0 Å². The van der Waals surface area contributed by atoms with Crippen LogP contribution in [0.25, 0.3) is 0 Å². The largest absolute Gasteiger partial charge is 0.326 e. The Morgan fingerprint density at radius 2 is 2.11 bits per heavy atom. The summed E-state index contributed by atoms with van der Waals surface area (Å²) in [5, 5.41) is 2.89. The highest BCUT2D eigenvalue weighted by atomic mass is 16.2. The summed E-state index contributed by atoms with van der Waals surface area (Å²) in [4.78, 5) is 25.2. The van der Waals surface area contributed by atoms with E-state index in [4.69, 9.17) is 0 Å². The lowest BCUT2D eigenvalue weighted by atomic mass is 10.0. The molecule has 2 rings (SSSR count). The Morgan fingerprint density at radius 1 is 1.32 bits per heavy atom. The zero-order valence-corrected chi connectivity index (χ0v) is 11.5. The highest BCUT2D eigenvalue weighted by Crippen LogP contribution is 2.30. The van der Waals surface area contributed by atoms with Gasteiger partial charge in [0.25, 0.3) is 0 Å². The molecule has 0 atom stereocenters. The summed E-state index contributed by atoms with van der Waals surface area (Å²) < 4.78 is 0. The molecule has 0 saturated carbocycles. The molecule has 1 heterocycles. The van der Waals surface area contributed by atoms with Crippen LogP contribution in [0.15, 0.2) is 18.2 Å². The Morgan fingerprint density at radius 3 is 2.79 bits per heavy atom. The van der Waals surface area contributed by atoms with Crippen molar-refractivity contribution in [3.63, 3.8) is 0 Å². The highest BCUT2D eigenvalue weighted by Gasteiger charge is 2.22. The summed E-state index contributed by atoms with van der Waals surface area (Å²) in [5.41, 5.74) is 2.94. The van der Waals surface area contributed by atoms with Gasteiger partial charge in [0.1, 0.15) is 0 Å². The molecule has 2 amide bonds. The number of benzene rings is 1. The van der Waals surface area contributed by atoms with E-state index in [0.717, 1.165) is 29.8 Å². The number of nitrogens with one attached hydrogen (secondary N) is 1. The molecule has 1 aliphatic heterocycles. The third kappa shape index (κ3) is 2.95. The Balaban J connectivity index is 2.20. The van der Waals surface area contributed by atoms with Crippen molar-refractivity contribution in [1.29, 1.82) is 0 Å². The summed E-state index contributed by atoms with van der Waals surface area (Å²) in [6.45, 7) is 4.65. The predicted octanol–water partition coefficient (Wildman–Crippen LogP) is 2.72. The molecule has 1 aromatic rings. The second kappa shape index (κ2) is 5.87. The average molecular weight is 260 g/mol. The van der Waals surface area contributed by atoms with E-state index in [1.54, 1.807) is 4.90 Å². The second-order valence-corrected chi connectivity index (χ2v) is 4.78. The van der Waals surface area contributed by atoms with Gasteiger partial charge in [-0.05, 0) is 43.5 Å². The van der Waals surface area contributed by atoms with Crippen molar-refractivity contribution in [1.82, 2.24) is 0 Å². The molecule has 0 aromatic heterocycles. The molecule has 0 fully saturated rings. The zero-order chi connectivity index (χ0) is 13.8. The predicted molar refractivity (Wildman–Crippen MR) is 76.3 cm³/mol. The third-order valence-electron chi connectivity index (χ3n) is 3.36. The van der Waals surface area contributed by atoms with Crippen LogP contribution in [0.1, 0.15) is 38.7 Å². The van der Waals surface area contributed by atoms with Gasteiger partial charge in [0.15, 0.2) is 0 Å². The number of rotatable bonds is 4. The first kappa shape index (κ1) is 13.6. The number of fused-ring (bicyclic) bond motifs is 1. The molecule has 19 heavy (non-hydrogen) atoms. The van der Waals surface area contributed by atoms with E-state index >= 15 is 0 Å². The van der Waals surface area contributed by atoms with E-state index in [9.17, 15) is 9.59 Å². The highest BCUT2D eigenvalue weighted by molar-refractivity contribution is 5.97. The third-order valence-corrected chi connectivity index (χ3v) is 3.36. The van der Waals surface area contributed by atoms with Gasteiger partial charge in [0.05, 0.1) is 0 Å². The smallest absolute Gasteiger partial charge is 0.227 e. The molecular weight excluding hydrogens is 240 g/mol. The van der Waals surface area contributed by atoms with Gasteiger partial charge in [-0.1, -0.05) is 6.92 Å². The van der Waals surface area contributed by atoms with Crippen molar-refractivity contribution >= 4 is 23.2 Å². The van der Waals surface area contributed by atoms with Crippen LogP contribution in [0.4, 0.5) is 11.4 Å². The van der Waals surface area contributed by atoms with Crippen molar-refractivity contribution in [3.05, 3.63) is 23.8 Å². The van der Waals surface area contributed by atoms with Crippen LogP contribution in [-0.4, -0.2) is 18.4 Å². The average Bonchev–Trinajstić information content (AvgIpc) is 2.39. The van der Waals surface area contributed by atoms with Crippen LogP contribution in [0.5, 0.6) is 0 Å². The molecule has 4 nitrogen and oxygen atoms in total. The molecule has 102 valence electrons. The molecule has 4 heteroatoms. The van der Waals surface area contributed by atoms with Gasteiger partial charge < -0.3 is 10.2 Å². The Labute approximate surface area is 113 Å².